The Kier molecular flexibility index (Phi) is 3.14. The fourth-order valence-electron chi connectivity index (χ4n) is 3.22. The van der Waals surface area contributed by atoms with Crippen LogP contribution in [0.4, 0.5) is 11.4 Å². The monoisotopic (exact) mass is 261 g/mol. The van der Waals surface area contributed by atoms with E-state index >= 15 is 0 Å². The lowest BCUT2D eigenvalue weighted by Crippen LogP contribution is -2.39. The first-order chi connectivity index (χ1) is 9.13. The number of hydrogen-bond acceptors (Lipinski definition) is 4. The van der Waals surface area contributed by atoms with Gasteiger partial charge in [0.2, 0.25) is 0 Å². The van der Waals surface area contributed by atoms with E-state index in [-0.39, 0.29) is 10.6 Å². The van der Waals surface area contributed by atoms with Crippen LogP contribution in [0.2, 0.25) is 0 Å². The average molecular weight is 261 g/mol. The molecular formula is C14H19N3O2. The first-order valence-electron chi connectivity index (χ1n) is 6.87. The SMILES string of the molecule is Cc1ccc([N+](=O)[O-])cc1NC1CCN2CCC1C2. The molecule has 1 aromatic rings. The van der Waals surface area contributed by atoms with Crippen LogP contribution >= 0.6 is 0 Å². The predicted octanol–water partition coefficient (Wildman–Crippen LogP) is 2.41. The summed E-state index contributed by atoms with van der Waals surface area (Å²) in [5.41, 5.74) is 2.16. The minimum Gasteiger partial charge on any atom is -0.382 e. The summed E-state index contributed by atoms with van der Waals surface area (Å²) in [5, 5.41) is 14.4. The Morgan fingerprint density at radius 2 is 2.16 bits per heavy atom. The van der Waals surface area contributed by atoms with E-state index in [0.717, 1.165) is 24.2 Å². The number of fused-ring (bicyclic) bond motifs is 2. The van der Waals surface area contributed by atoms with Gasteiger partial charge in [-0.15, -0.1) is 0 Å². The number of nitrogens with one attached hydrogen (secondary N) is 1. The standard InChI is InChI=1S/C14H19N3O2/c1-10-2-3-12(17(18)19)8-14(10)15-13-5-7-16-6-4-11(13)9-16/h2-3,8,11,13,15H,4-7,9H2,1H3. The summed E-state index contributed by atoms with van der Waals surface area (Å²) in [6.45, 7) is 5.51. The number of non-ortho nitro benzene ring substituents is 1. The Balaban J connectivity index is 1.78. The van der Waals surface area contributed by atoms with Gasteiger partial charge in [0.15, 0.2) is 0 Å². The van der Waals surface area contributed by atoms with Crippen LogP contribution in [0.25, 0.3) is 0 Å². The van der Waals surface area contributed by atoms with E-state index in [4.69, 9.17) is 0 Å². The normalized spacial score (nSPS) is 29.2. The molecule has 3 unspecified atom stereocenters. The third-order valence-corrected chi connectivity index (χ3v) is 4.41. The van der Waals surface area contributed by atoms with E-state index in [0.29, 0.717) is 12.0 Å². The van der Waals surface area contributed by atoms with Gasteiger partial charge < -0.3 is 10.2 Å². The van der Waals surface area contributed by atoms with Crippen LogP contribution in [0.15, 0.2) is 18.2 Å². The minimum atomic E-state index is -0.331. The van der Waals surface area contributed by atoms with Gasteiger partial charge in [0.1, 0.15) is 0 Å². The fourth-order valence-corrected chi connectivity index (χ4v) is 3.22. The molecule has 2 heterocycles. The maximum absolute atomic E-state index is 10.9. The molecule has 2 aliphatic heterocycles. The summed E-state index contributed by atoms with van der Waals surface area (Å²) in [5.74, 6) is 0.687. The number of nitrogens with zero attached hydrogens (tertiary/aromatic N) is 2. The fraction of sp³-hybridized carbons (Fsp3) is 0.571. The minimum absolute atomic E-state index is 0.164. The molecule has 0 saturated carbocycles. The number of hydrogen-bond donors (Lipinski definition) is 1. The Morgan fingerprint density at radius 1 is 1.37 bits per heavy atom. The Bertz CT molecular complexity index is 503. The lowest BCUT2D eigenvalue weighted by molar-refractivity contribution is -0.384. The lowest BCUT2D eigenvalue weighted by Gasteiger charge is -2.32. The summed E-state index contributed by atoms with van der Waals surface area (Å²) in [6.07, 6.45) is 2.37. The molecule has 3 rings (SSSR count). The molecule has 3 atom stereocenters. The van der Waals surface area contributed by atoms with Gasteiger partial charge in [-0.05, 0) is 37.8 Å². The van der Waals surface area contributed by atoms with Crippen LogP contribution in [0, 0.1) is 23.0 Å². The van der Waals surface area contributed by atoms with Crippen LogP contribution in [-0.4, -0.2) is 35.5 Å². The second-order valence-electron chi connectivity index (χ2n) is 5.65. The van der Waals surface area contributed by atoms with E-state index in [1.54, 1.807) is 12.1 Å². The maximum atomic E-state index is 10.9. The van der Waals surface area contributed by atoms with Gasteiger partial charge in [0, 0.05) is 37.0 Å². The smallest absolute Gasteiger partial charge is 0.271 e. The van der Waals surface area contributed by atoms with Crippen molar-refractivity contribution in [2.45, 2.75) is 25.8 Å². The molecule has 0 aliphatic carbocycles. The largest absolute Gasteiger partial charge is 0.382 e. The Labute approximate surface area is 112 Å². The van der Waals surface area contributed by atoms with E-state index in [1.165, 1.54) is 19.5 Å². The zero-order valence-corrected chi connectivity index (χ0v) is 11.1. The highest BCUT2D eigenvalue weighted by atomic mass is 16.6. The van der Waals surface area contributed by atoms with Gasteiger partial charge in [0.05, 0.1) is 4.92 Å². The Hall–Kier alpha value is -1.62. The molecule has 2 fully saturated rings. The summed E-state index contributed by atoms with van der Waals surface area (Å²) >= 11 is 0. The van der Waals surface area contributed by atoms with Gasteiger partial charge in [-0.3, -0.25) is 10.1 Å². The number of nitro groups is 1. The highest BCUT2D eigenvalue weighted by Crippen LogP contribution is 2.31. The van der Waals surface area contributed by atoms with Crippen molar-refractivity contribution >= 4 is 11.4 Å². The second kappa shape index (κ2) is 4.81. The molecule has 102 valence electrons. The molecule has 5 heteroatoms. The zero-order valence-electron chi connectivity index (χ0n) is 11.1. The van der Waals surface area contributed by atoms with Crippen molar-refractivity contribution in [3.05, 3.63) is 33.9 Å². The van der Waals surface area contributed by atoms with Crippen molar-refractivity contribution in [1.82, 2.24) is 4.90 Å². The number of anilines is 1. The molecule has 1 aromatic carbocycles. The molecular weight excluding hydrogens is 242 g/mol. The van der Waals surface area contributed by atoms with Crippen molar-refractivity contribution in [3.63, 3.8) is 0 Å². The number of nitro benzene ring substituents is 1. The van der Waals surface area contributed by atoms with Crippen LogP contribution in [0.3, 0.4) is 0 Å². The van der Waals surface area contributed by atoms with Crippen LogP contribution in [-0.2, 0) is 0 Å². The van der Waals surface area contributed by atoms with Crippen LogP contribution in [0.5, 0.6) is 0 Å². The average Bonchev–Trinajstić information content (AvgIpc) is 2.78. The van der Waals surface area contributed by atoms with E-state index in [1.807, 2.05) is 13.0 Å². The predicted molar refractivity (Wildman–Crippen MR) is 74.4 cm³/mol. The molecule has 2 bridgehead atoms. The van der Waals surface area contributed by atoms with E-state index in [9.17, 15) is 10.1 Å². The summed E-state index contributed by atoms with van der Waals surface area (Å²) in [4.78, 5) is 13.0. The van der Waals surface area contributed by atoms with Gasteiger partial charge >= 0.3 is 0 Å². The molecule has 2 aliphatic rings. The maximum Gasteiger partial charge on any atom is 0.271 e. The Morgan fingerprint density at radius 3 is 2.95 bits per heavy atom. The van der Waals surface area contributed by atoms with Gasteiger partial charge in [-0.25, -0.2) is 0 Å². The van der Waals surface area contributed by atoms with Crippen molar-refractivity contribution in [2.24, 2.45) is 5.92 Å². The van der Waals surface area contributed by atoms with Crippen molar-refractivity contribution in [2.75, 3.05) is 25.0 Å². The first kappa shape index (κ1) is 12.4. The van der Waals surface area contributed by atoms with Gasteiger partial charge in [0.25, 0.3) is 5.69 Å². The molecule has 0 radical (unpaired) electrons. The topological polar surface area (TPSA) is 58.4 Å². The molecule has 19 heavy (non-hydrogen) atoms. The van der Waals surface area contributed by atoms with Gasteiger partial charge in [-0.2, -0.15) is 0 Å². The number of aryl methyl sites for hydroxylation is 1. The highest BCUT2D eigenvalue weighted by molar-refractivity contribution is 5.57. The second-order valence-corrected chi connectivity index (χ2v) is 5.65. The number of benzene rings is 1. The summed E-state index contributed by atoms with van der Waals surface area (Å²) in [7, 11) is 0. The number of piperidine rings is 1. The third-order valence-electron chi connectivity index (χ3n) is 4.41. The van der Waals surface area contributed by atoms with E-state index in [2.05, 4.69) is 10.2 Å². The zero-order chi connectivity index (χ0) is 13.4. The van der Waals surface area contributed by atoms with Crippen molar-refractivity contribution < 1.29 is 4.92 Å². The van der Waals surface area contributed by atoms with Crippen molar-refractivity contribution in [1.29, 1.82) is 0 Å². The molecule has 1 N–H and O–H groups in total. The third kappa shape index (κ3) is 2.42. The highest BCUT2D eigenvalue weighted by Gasteiger charge is 2.34. The lowest BCUT2D eigenvalue weighted by atomic mass is 9.93. The van der Waals surface area contributed by atoms with Crippen LogP contribution in [0.1, 0.15) is 18.4 Å². The summed E-state index contributed by atoms with van der Waals surface area (Å²) in [6, 6.07) is 5.51. The molecule has 0 spiro atoms. The molecule has 5 nitrogen and oxygen atoms in total. The molecule has 2 saturated heterocycles. The van der Waals surface area contributed by atoms with Crippen molar-refractivity contribution in [3.8, 4) is 0 Å². The van der Waals surface area contributed by atoms with Crippen LogP contribution < -0.4 is 5.32 Å². The number of rotatable bonds is 3. The first-order valence-corrected chi connectivity index (χ1v) is 6.87. The molecule has 0 amide bonds. The van der Waals surface area contributed by atoms with E-state index < -0.39 is 0 Å². The molecule has 0 aromatic heterocycles. The van der Waals surface area contributed by atoms with Gasteiger partial charge in [-0.1, -0.05) is 6.07 Å². The quantitative estimate of drug-likeness (QED) is 0.670. The summed E-state index contributed by atoms with van der Waals surface area (Å²) < 4.78 is 0.